The van der Waals surface area contributed by atoms with Crippen LogP contribution in [0.4, 0.5) is 0 Å². The van der Waals surface area contributed by atoms with Gasteiger partial charge in [0, 0.05) is 25.0 Å². The molecular weight excluding hydrogens is 420 g/mol. The molecule has 1 heterocycles. The highest BCUT2D eigenvalue weighted by Gasteiger charge is 2.73. The first-order chi connectivity index (χ1) is 15.7. The predicted octanol–water partition coefficient (Wildman–Crippen LogP) is 8.24. The molecule has 5 rings (SSSR count). The smallest absolute Gasteiger partial charge is 0.0627 e. The van der Waals surface area contributed by atoms with E-state index in [0.717, 1.165) is 35.7 Å². The van der Waals surface area contributed by atoms with E-state index in [1.54, 1.807) is 11.1 Å². The van der Waals surface area contributed by atoms with Crippen LogP contribution in [0.3, 0.4) is 0 Å². The summed E-state index contributed by atoms with van der Waals surface area (Å²) in [4.78, 5) is 4.11. The molecule has 182 valence electrons. The number of allylic oxidation sites excluding steroid dienone is 4. The Morgan fingerprint density at radius 1 is 1.24 bits per heavy atom. The highest BCUT2D eigenvalue weighted by molar-refractivity contribution is 7.84. The summed E-state index contributed by atoms with van der Waals surface area (Å²) in [6.45, 7) is 12.4. The van der Waals surface area contributed by atoms with Crippen molar-refractivity contribution < 1.29 is 0 Å². The molecule has 3 heteroatoms. The average Bonchev–Trinajstić information content (AvgIpc) is 3.00. The summed E-state index contributed by atoms with van der Waals surface area (Å²) in [5, 5.41) is 8.28. The number of likely N-dealkylation sites (tertiary alicyclic amines) is 1. The fourth-order valence-corrected chi connectivity index (χ4v) is 8.09. The van der Waals surface area contributed by atoms with Crippen molar-refractivity contribution in [1.82, 2.24) is 4.90 Å². The normalized spacial score (nSPS) is 36.0. The van der Waals surface area contributed by atoms with E-state index < -0.39 is 0 Å². The average molecular weight is 467 g/mol. The van der Waals surface area contributed by atoms with Crippen molar-refractivity contribution >= 4 is 12.6 Å². The molecule has 0 spiro atoms. The van der Waals surface area contributed by atoms with Gasteiger partial charge >= 0.3 is 0 Å². The highest BCUT2D eigenvalue weighted by atomic mass is 32.1. The fourth-order valence-electron chi connectivity index (χ4n) is 7.83. The lowest BCUT2D eigenvalue weighted by Crippen LogP contribution is -2.63. The zero-order valence-corrected chi connectivity index (χ0v) is 22.7. The minimum absolute atomic E-state index is 0.231. The maximum absolute atomic E-state index is 8.28. The van der Waals surface area contributed by atoms with Crippen molar-refractivity contribution in [3.05, 3.63) is 34.3 Å². The number of rotatable bonds is 6. The molecule has 3 saturated carbocycles. The molecule has 4 aliphatic carbocycles. The van der Waals surface area contributed by atoms with Crippen LogP contribution in [0.1, 0.15) is 105 Å². The molecule has 0 radical (unpaired) electrons. The lowest BCUT2D eigenvalue weighted by Gasteiger charge is -2.68. The fraction of sp³-hybridized carbons (Fsp3) is 0.767. The summed E-state index contributed by atoms with van der Waals surface area (Å²) in [5.41, 5.74) is 4.87. The Hall–Kier alpha value is -0.980. The zero-order valence-electron chi connectivity index (χ0n) is 21.8. The van der Waals surface area contributed by atoms with E-state index in [1.807, 2.05) is 0 Å². The SMILES string of the molecule is CCC(C)(C)CC#N.CCC=C(S)/C=C\C1=C(C)C23CCCC4(CN(C5CCC5)C(C1)C42)C3. The molecule has 1 aliphatic heterocycles. The monoisotopic (exact) mass is 466 g/mol. The molecule has 4 unspecified atom stereocenters. The van der Waals surface area contributed by atoms with E-state index in [-0.39, 0.29) is 5.41 Å². The molecule has 1 saturated heterocycles. The van der Waals surface area contributed by atoms with Gasteiger partial charge in [0.05, 0.1) is 6.07 Å². The van der Waals surface area contributed by atoms with Crippen molar-refractivity contribution in [2.45, 2.75) is 117 Å². The third kappa shape index (κ3) is 4.40. The molecule has 0 aromatic carbocycles. The van der Waals surface area contributed by atoms with Crippen molar-refractivity contribution in [1.29, 1.82) is 5.26 Å². The largest absolute Gasteiger partial charge is 0.296 e. The number of nitrogens with zero attached hydrogens (tertiary/aromatic N) is 2. The first-order valence-corrected chi connectivity index (χ1v) is 14.1. The molecule has 5 aliphatic rings. The van der Waals surface area contributed by atoms with Gasteiger partial charge in [-0.05, 0) is 90.6 Å². The summed E-state index contributed by atoms with van der Waals surface area (Å²) in [5.74, 6) is 0.980. The second kappa shape index (κ2) is 9.58. The molecule has 2 nitrogen and oxygen atoms in total. The Kier molecular flexibility index (Phi) is 7.29. The minimum atomic E-state index is 0.231. The summed E-state index contributed by atoms with van der Waals surface area (Å²) >= 11 is 4.63. The van der Waals surface area contributed by atoms with Crippen molar-refractivity contribution in [2.24, 2.45) is 22.2 Å². The molecular formula is C30H46N2S. The summed E-state index contributed by atoms with van der Waals surface area (Å²) in [7, 11) is 0. The predicted molar refractivity (Wildman–Crippen MR) is 143 cm³/mol. The Balaban J connectivity index is 0.000000281. The Bertz CT molecular complexity index is 870. The molecule has 4 fully saturated rings. The first kappa shape index (κ1) is 25.1. The Labute approximate surface area is 209 Å². The van der Waals surface area contributed by atoms with Gasteiger partial charge < -0.3 is 0 Å². The number of hydrogen-bond acceptors (Lipinski definition) is 3. The molecule has 4 atom stereocenters. The van der Waals surface area contributed by atoms with Gasteiger partial charge in [0.2, 0.25) is 0 Å². The van der Waals surface area contributed by atoms with Crippen LogP contribution in [0.2, 0.25) is 0 Å². The Morgan fingerprint density at radius 2 is 2.00 bits per heavy atom. The van der Waals surface area contributed by atoms with Gasteiger partial charge in [-0.25, -0.2) is 0 Å². The van der Waals surface area contributed by atoms with Crippen LogP contribution in [-0.4, -0.2) is 23.5 Å². The van der Waals surface area contributed by atoms with E-state index >= 15 is 0 Å². The van der Waals surface area contributed by atoms with Gasteiger partial charge in [0.25, 0.3) is 0 Å². The topological polar surface area (TPSA) is 27.0 Å². The molecule has 0 N–H and O–H groups in total. The van der Waals surface area contributed by atoms with Crippen LogP contribution in [-0.2, 0) is 0 Å². The van der Waals surface area contributed by atoms with E-state index in [0.29, 0.717) is 17.3 Å². The van der Waals surface area contributed by atoms with E-state index in [9.17, 15) is 0 Å². The molecule has 33 heavy (non-hydrogen) atoms. The molecule has 0 aromatic heterocycles. The number of thiol groups is 1. The quantitative estimate of drug-likeness (QED) is 0.315. The lowest BCUT2D eigenvalue weighted by molar-refractivity contribution is -0.132. The standard InChI is InChI=1S/C23H33NS.C7H13N/c1-3-6-19(25)10-9-17-13-20-21-22(15-24(20)18-7-4-8-18)11-5-12-23(21,14-22)16(17)2;1-4-7(2,3)5-6-8/h6,9-10,18,20-21,25H,3-5,7-8,11-15H2,1-2H3;4-5H2,1-3H3/b10-9-,19-6?;. The maximum atomic E-state index is 8.28. The van der Waals surface area contributed by atoms with Gasteiger partial charge in [-0.3, -0.25) is 4.90 Å². The maximum Gasteiger partial charge on any atom is 0.0627 e. The summed E-state index contributed by atoms with van der Waals surface area (Å²) in [6, 6.07) is 3.90. The highest BCUT2D eigenvalue weighted by Crippen LogP contribution is 2.77. The van der Waals surface area contributed by atoms with Crippen LogP contribution < -0.4 is 0 Å². The van der Waals surface area contributed by atoms with E-state index in [1.165, 1.54) is 57.9 Å². The van der Waals surface area contributed by atoms with E-state index in [4.69, 9.17) is 5.26 Å². The van der Waals surface area contributed by atoms with Gasteiger partial charge in [-0.15, -0.1) is 12.6 Å². The van der Waals surface area contributed by atoms with Crippen molar-refractivity contribution in [3.8, 4) is 6.07 Å². The summed E-state index contributed by atoms with van der Waals surface area (Å²) in [6.07, 6.45) is 21.3. The minimum Gasteiger partial charge on any atom is -0.296 e. The van der Waals surface area contributed by atoms with Crippen LogP contribution in [0.15, 0.2) is 34.3 Å². The van der Waals surface area contributed by atoms with Crippen LogP contribution in [0, 0.1) is 33.5 Å². The molecule has 0 amide bonds. The van der Waals surface area contributed by atoms with E-state index in [2.05, 4.69) is 76.4 Å². The van der Waals surface area contributed by atoms with Gasteiger partial charge in [-0.1, -0.05) is 64.7 Å². The van der Waals surface area contributed by atoms with Crippen LogP contribution in [0.25, 0.3) is 0 Å². The lowest BCUT2D eigenvalue weighted by atomic mass is 9.36. The van der Waals surface area contributed by atoms with Gasteiger partial charge in [0.1, 0.15) is 0 Å². The second-order valence-corrected chi connectivity index (χ2v) is 12.9. The molecule has 0 aromatic rings. The van der Waals surface area contributed by atoms with Crippen molar-refractivity contribution in [2.75, 3.05) is 6.54 Å². The first-order valence-electron chi connectivity index (χ1n) is 13.6. The third-order valence-corrected chi connectivity index (χ3v) is 10.4. The second-order valence-electron chi connectivity index (χ2n) is 12.4. The number of nitriles is 1. The van der Waals surface area contributed by atoms with Gasteiger partial charge in [-0.2, -0.15) is 5.26 Å². The van der Waals surface area contributed by atoms with Crippen LogP contribution in [0.5, 0.6) is 0 Å². The Morgan fingerprint density at radius 3 is 2.58 bits per heavy atom. The summed E-state index contributed by atoms with van der Waals surface area (Å²) < 4.78 is 0. The van der Waals surface area contributed by atoms with Crippen molar-refractivity contribution in [3.63, 3.8) is 0 Å². The zero-order chi connectivity index (χ0) is 23.9. The molecule has 2 bridgehead atoms. The number of hydrogen-bond donors (Lipinski definition) is 1. The van der Waals surface area contributed by atoms with Gasteiger partial charge in [0.15, 0.2) is 0 Å². The van der Waals surface area contributed by atoms with Crippen LogP contribution >= 0.6 is 12.6 Å². The third-order valence-electron chi connectivity index (χ3n) is 10.1.